The van der Waals surface area contributed by atoms with Gasteiger partial charge in [-0.1, -0.05) is 6.07 Å². The molecule has 0 aliphatic carbocycles. The van der Waals surface area contributed by atoms with E-state index in [0.717, 1.165) is 12.0 Å². The Morgan fingerprint density at radius 2 is 2.22 bits per heavy atom. The lowest BCUT2D eigenvalue weighted by molar-refractivity contribution is -0.124. The Morgan fingerprint density at radius 1 is 1.44 bits per heavy atom. The predicted octanol–water partition coefficient (Wildman–Crippen LogP) is 1.81. The second-order valence-electron chi connectivity index (χ2n) is 4.33. The van der Waals surface area contributed by atoms with Crippen LogP contribution in [0.3, 0.4) is 0 Å². The largest absolute Gasteiger partial charge is 0.478 e. The van der Waals surface area contributed by atoms with E-state index in [9.17, 15) is 9.59 Å². The molecule has 1 atom stereocenters. The highest BCUT2D eigenvalue weighted by Gasteiger charge is 2.24. The van der Waals surface area contributed by atoms with E-state index < -0.39 is 12.1 Å². The van der Waals surface area contributed by atoms with E-state index in [4.69, 9.17) is 9.84 Å². The minimum absolute atomic E-state index is 0.156. The van der Waals surface area contributed by atoms with Crippen LogP contribution in [0.15, 0.2) is 18.2 Å². The smallest absolute Gasteiger partial charge is 0.335 e. The lowest BCUT2D eigenvalue weighted by Gasteiger charge is -2.12. The number of ether oxygens (including phenoxy) is 1. The molecule has 1 aliphatic rings. The molecule has 18 heavy (non-hydrogen) atoms. The summed E-state index contributed by atoms with van der Waals surface area (Å²) in [7, 11) is 0. The van der Waals surface area contributed by atoms with Crippen LogP contribution < -0.4 is 5.32 Å². The summed E-state index contributed by atoms with van der Waals surface area (Å²) in [6.45, 7) is 2.42. The summed E-state index contributed by atoms with van der Waals surface area (Å²) in [5.74, 6) is -1.22. The number of aromatic carboxylic acids is 1. The summed E-state index contributed by atoms with van der Waals surface area (Å²) in [5, 5.41) is 11.6. The highest BCUT2D eigenvalue weighted by atomic mass is 16.5. The summed E-state index contributed by atoms with van der Waals surface area (Å²) in [6.07, 6.45) is 1.17. The standard InChI is InChI=1S/C13H15NO4/c1-8-4-5-9(13(16)17)7-10(8)14-12(15)11-3-2-6-18-11/h4-5,7,11H,2-3,6H2,1H3,(H,14,15)(H,16,17)/t11-/m0/s1. The first kappa shape index (κ1) is 12.6. The highest BCUT2D eigenvalue weighted by molar-refractivity contribution is 5.97. The van der Waals surface area contributed by atoms with Crippen molar-refractivity contribution >= 4 is 17.6 Å². The number of anilines is 1. The molecule has 1 fully saturated rings. The van der Waals surface area contributed by atoms with Crippen LogP contribution in [0.25, 0.3) is 0 Å². The number of hydrogen-bond donors (Lipinski definition) is 2. The topological polar surface area (TPSA) is 75.6 Å². The fourth-order valence-electron chi connectivity index (χ4n) is 1.89. The molecule has 0 saturated carbocycles. The Morgan fingerprint density at radius 3 is 2.83 bits per heavy atom. The summed E-state index contributed by atoms with van der Waals surface area (Å²) < 4.78 is 5.28. The molecule has 5 heteroatoms. The number of rotatable bonds is 3. The predicted molar refractivity (Wildman–Crippen MR) is 65.7 cm³/mol. The van der Waals surface area contributed by atoms with Crippen molar-refractivity contribution in [2.45, 2.75) is 25.9 Å². The van der Waals surface area contributed by atoms with Gasteiger partial charge >= 0.3 is 5.97 Å². The van der Waals surface area contributed by atoms with E-state index in [0.29, 0.717) is 18.7 Å². The van der Waals surface area contributed by atoms with Crippen molar-refractivity contribution < 1.29 is 19.4 Å². The van der Waals surface area contributed by atoms with E-state index in [1.165, 1.54) is 12.1 Å². The van der Waals surface area contributed by atoms with Crippen LogP contribution in [0.5, 0.6) is 0 Å². The molecular formula is C13H15NO4. The van der Waals surface area contributed by atoms with Gasteiger partial charge in [-0.05, 0) is 37.5 Å². The molecule has 0 aromatic heterocycles. The first-order chi connectivity index (χ1) is 8.58. The van der Waals surface area contributed by atoms with Crippen molar-refractivity contribution in [2.24, 2.45) is 0 Å². The van der Waals surface area contributed by atoms with Crippen LogP contribution in [-0.2, 0) is 9.53 Å². The quantitative estimate of drug-likeness (QED) is 0.856. The van der Waals surface area contributed by atoms with Crippen LogP contribution in [0, 0.1) is 6.92 Å². The van der Waals surface area contributed by atoms with Gasteiger partial charge < -0.3 is 15.2 Å². The van der Waals surface area contributed by atoms with Crippen molar-refractivity contribution in [1.82, 2.24) is 0 Å². The molecule has 0 bridgehead atoms. The molecule has 0 radical (unpaired) electrons. The SMILES string of the molecule is Cc1ccc(C(=O)O)cc1NC(=O)[C@@H]1CCCO1. The van der Waals surface area contributed by atoms with Crippen molar-refractivity contribution in [3.63, 3.8) is 0 Å². The van der Waals surface area contributed by atoms with E-state index in [1.807, 2.05) is 6.92 Å². The molecular weight excluding hydrogens is 234 g/mol. The first-order valence-corrected chi connectivity index (χ1v) is 5.84. The Balaban J connectivity index is 2.14. The third kappa shape index (κ3) is 2.68. The molecule has 1 aromatic carbocycles. The number of aryl methyl sites for hydroxylation is 1. The van der Waals surface area contributed by atoms with Crippen LogP contribution in [-0.4, -0.2) is 29.7 Å². The molecule has 0 unspecified atom stereocenters. The zero-order valence-electron chi connectivity index (χ0n) is 10.1. The Labute approximate surface area is 105 Å². The lowest BCUT2D eigenvalue weighted by Crippen LogP contribution is -2.27. The fraction of sp³-hybridized carbons (Fsp3) is 0.385. The number of carbonyl (C=O) groups excluding carboxylic acids is 1. The van der Waals surface area contributed by atoms with Crippen LogP contribution in [0.2, 0.25) is 0 Å². The van der Waals surface area contributed by atoms with Crippen LogP contribution >= 0.6 is 0 Å². The maximum atomic E-state index is 11.9. The molecule has 2 rings (SSSR count). The summed E-state index contributed by atoms with van der Waals surface area (Å²) in [4.78, 5) is 22.7. The molecule has 1 aliphatic heterocycles. The van der Waals surface area contributed by atoms with E-state index >= 15 is 0 Å². The van der Waals surface area contributed by atoms with E-state index in [2.05, 4.69) is 5.32 Å². The molecule has 5 nitrogen and oxygen atoms in total. The average Bonchev–Trinajstić information content (AvgIpc) is 2.85. The third-order valence-corrected chi connectivity index (χ3v) is 2.96. The second-order valence-corrected chi connectivity index (χ2v) is 4.33. The van der Waals surface area contributed by atoms with Gasteiger partial charge in [0.1, 0.15) is 6.10 Å². The molecule has 1 amide bonds. The molecule has 1 saturated heterocycles. The summed E-state index contributed by atoms with van der Waals surface area (Å²) in [5.41, 5.74) is 1.50. The number of carboxylic acids is 1. The summed E-state index contributed by atoms with van der Waals surface area (Å²) in [6, 6.07) is 4.65. The highest BCUT2D eigenvalue weighted by Crippen LogP contribution is 2.19. The molecule has 96 valence electrons. The maximum absolute atomic E-state index is 11.9. The number of carboxylic acid groups (broad SMARTS) is 1. The van der Waals surface area contributed by atoms with Gasteiger partial charge in [0.05, 0.1) is 5.56 Å². The molecule has 1 heterocycles. The monoisotopic (exact) mass is 249 g/mol. The van der Waals surface area contributed by atoms with Crippen molar-refractivity contribution in [1.29, 1.82) is 0 Å². The van der Waals surface area contributed by atoms with Gasteiger partial charge in [0, 0.05) is 12.3 Å². The Bertz CT molecular complexity index is 478. The number of amides is 1. The Kier molecular flexibility index (Phi) is 3.62. The van der Waals surface area contributed by atoms with Crippen LogP contribution in [0.4, 0.5) is 5.69 Å². The average molecular weight is 249 g/mol. The van der Waals surface area contributed by atoms with E-state index in [1.54, 1.807) is 6.07 Å². The first-order valence-electron chi connectivity index (χ1n) is 5.84. The van der Waals surface area contributed by atoms with Gasteiger partial charge in [0.25, 0.3) is 5.91 Å². The number of carbonyl (C=O) groups is 2. The van der Waals surface area contributed by atoms with Crippen molar-refractivity contribution in [2.75, 3.05) is 11.9 Å². The van der Waals surface area contributed by atoms with Crippen molar-refractivity contribution in [3.8, 4) is 0 Å². The van der Waals surface area contributed by atoms with E-state index in [-0.39, 0.29) is 11.5 Å². The second kappa shape index (κ2) is 5.18. The van der Waals surface area contributed by atoms with Gasteiger partial charge in [0.15, 0.2) is 0 Å². The lowest BCUT2D eigenvalue weighted by atomic mass is 10.1. The number of hydrogen-bond acceptors (Lipinski definition) is 3. The van der Waals surface area contributed by atoms with Gasteiger partial charge in [-0.2, -0.15) is 0 Å². The number of nitrogens with one attached hydrogen (secondary N) is 1. The van der Waals surface area contributed by atoms with Crippen molar-refractivity contribution in [3.05, 3.63) is 29.3 Å². The summed E-state index contributed by atoms with van der Waals surface area (Å²) >= 11 is 0. The number of benzene rings is 1. The zero-order chi connectivity index (χ0) is 13.1. The van der Waals surface area contributed by atoms with Gasteiger partial charge in [-0.3, -0.25) is 4.79 Å². The molecule has 2 N–H and O–H groups in total. The van der Waals surface area contributed by atoms with Crippen LogP contribution in [0.1, 0.15) is 28.8 Å². The maximum Gasteiger partial charge on any atom is 0.335 e. The van der Waals surface area contributed by atoms with Gasteiger partial charge in [-0.25, -0.2) is 4.79 Å². The normalized spacial score (nSPS) is 18.6. The third-order valence-electron chi connectivity index (χ3n) is 2.96. The molecule has 0 spiro atoms. The zero-order valence-corrected chi connectivity index (χ0v) is 10.1. The fourth-order valence-corrected chi connectivity index (χ4v) is 1.89. The Hall–Kier alpha value is -1.88. The van der Waals surface area contributed by atoms with Gasteiger partial charge in [-0.15, -0.1) is 0 Å². The minimum atomic E-state index is -1.01. The van der Waals surface area contributed by atoms with Gasteiger partial charge in [0.2, 0.25) is 0 Å². The minimum Gasteiger partial charge on any atom is -0.478 e. The molecule has 1 aromatic rings.